The highest BCUT2D eigenvalue weighted by atomic mass is 32.2. The van der Waals surface area contributed by atoms with Crippen LogP contribution < -0.4 is 5.32 Å². The van der Waals surface area contributed by atoms with E-state index in [-0.39, 0.29) is 22.2 Å². The van der Waals surface area contributed by atoms with Gasteiger partial charge in [-0.15, -0.1) is 0 Å². The molecule has 23 heavy (non-hydrogen) atoms. The Bertz CT molecular complexity index is 785. The Balaban J connectivity index is 2.38. The number of hydrogen-bond acceptors (Lipinski definition) is 5. The third kappa shape index (κ3) is 3.73. The molecular weight excluding hydrogens is 340 g/mol. The minimum atomic E-state index is -3.85. The highest BCUT2D eigenvalue weighted by molar-refractivity contribution is 7.90. The Morgan fingerprint density at radius 1 is 1.09 bits per heavy atom. The maximum Gasteiger partial charge on any atom is 0.243 e. The van der Waals surface area contributed by atoms with Gasteiger partial charge in [-0.1, -0.05) is 6.42 Å². The molecule has 1 amide bonds. The van der Waals surface area contributed by atoms with Gasteiger partial charge in [-0.05, 0) is 37.1 Å². The van der Waals surface area contributed by atoms with E-state index in [2.05, 4.69) is 5.32 Å². The zero-order valence-corrected chi connectivity index (χ0v) is 14.7. The van der Waals surface area contributed by atoms with E-state index in [1.54, 1.807) is 0 Å². The van der Waals surface area contributed by atoms with E-state index in [9.17, 15) is 21.6 Å². The zero-order chi connectivity index (χ0) is 17.3. The van der Waals surface area contributed by atoms with Crippen LogP contribution in [0.25, 0.3) is 0 Å². The molecule has 9 heteroatoms. The van der Waals surface area contributed by atoms with E-state index in [1.807, 2.05) is 0 Å². The van der Waals surface area contributed by atoms with Crippen molar-refractivity contribution in [2.24, 2.45) is 0 Å². The standard InChI is InChI=1S/C14H20N2O5S2/c1-15-14(17)13-5-3-4-10-16(13)23(20,21)12-8-6-11(7-9-12)22(2,18)19/h6-9,13H,3-5,10H2,1-2H3,(H,15,17)/t13-/m0/s1. The summed E-state index contributed by atoms with van der Waals surface area (Å²) in [6.07, 6.45) is 3.01. The summed E-state index contributed by atoms with van der Waals surface area (Å²) >= 11 is 0. The normalized spacial score (nSPS) is 20.2. The molecule has 1 aliphatic heterocycles. The van der Waals surface area contributed by atoms with Crippen molar-refractivity contribution >= 4 is 25.8 Å². The summed E-state index contributed by atoms with van der Waals surface area (Å²) in [5.41, 5.74) is 0. The highest BCUT2D eigenvalue weighted by Crippen LogP contribution is 2.26. The summed E-state index contributed by atoms with van der Waals surface area (Å²) in [7, 11) is -5.77. The largest absolute Gasteiger partial charge is 0.358 e. The SMILES string of the molecule is CNC(=O)[C@@H]1CCCCN1S(=O)(=O)c1ccc(S(C)(=O)=O)cc1. The first kappa shape index (κ1) is 17.9. The number of benzene rings is 1. The van der Waals surface area contributed by atoms with Crippen LogP contribution in [0.5, 0.6) is 0 Å². The van der Waals surface area contributed by atoms with Gasteiger partial charge in [0.1, 0.15) is 6.04 Å². The van der Waals surface area contributed by atoms with Crippen LogP contribution in [0.4, 0.5) is 0 Å². The molecule has 1 saturated heterocycles. The molecule has 128 valence electrons. The first-order valence-electron chi connectivity index (χ1n) is 7.21. The Morgan fingerprint density at radius 2 is 1.65 bits per heavy atom. The monoisotopic (exact) mass is 360 g/mol. The van der Waals surface area contributed by atoms with Gasteiger partial charge in [-0.25, -0.2) is 16.8 Å². The van der Waals surface area contributed by atoms with Gasteiger partial charge < -0.3 is 5.32 Å². The molecule has 0 aromatic heterocycles. The van der Waals surface area contributed by atoms with Gasteiger partial charge in [0.2, 0.25) is 15.9 Å². The second kappa shape index (κ2) is 6.58. The van der Waals surface area contributed by atoms with Gasteiger partial charge in [-0.3, -0.25) is 4.79 Å². The molecule has 1 atom stereocenters. The van der Waals surface area contributed by atoms with Crippen molar-refractivity contribution < 1.29 is 21.6 Å². The van der Waals surface area contributed by atoms with Crippen LogP contribution in [0.15, 0.2) is 34.1 Å². The van der Waals surface area contributed by atoms with Gasteiger partial charge in [0.15, 0.2) is 9.84 Å². The highest BCUT2D eigenvalue weighted by Gasteiger charge is 2.37. The number of hydrogen-bond donors (Lipinski definition) is 1. The van der Waals surface area contributed by atoms with Crippen molar-refractivity contribution in [1.82, 2.24) is 9.62 Å². The smallest absolute Gasteiger partial charge is 0.243 e. The summed E-state index contributed by atoms with van der Waals surface area (Å²) in [5.74, 6) is -0.332. The maximum atomic E-state index is 12.8. The van der Waals surface area contributed by atoms with E-state index in [1.165, 1.54) is 35.6 Å². The van der Waals surface area contributed by atoms with Crippen LogP contribution in [0.3, 0.4) is 0 Å². The molecule has 0 aliphatic carbocycles. The average molecular weight is 360 g/mol. The second-order valence-corrected chi connectivity index (χ2v) is 9.39. The number of carbonyl (C=O) groups is 1. The number of rotatable bonds is 4. The Kier molecular flexibility index (Phi) is 5.12. The molecule has 0 radical (unpaired) electrons. The van der Waals surface area contributed by atoms with E-state index in [4.69, 9.17) is 0 Å². The molecule has 1 fully saturated rings. The first-order chi connectivity index (χ1) is 10.7. The fourth-order valence-electron chi connectivity index (χ4n) is 2.62. The lowest BCUT2D eigenvalue weighted by molar-refractivity contribution is -0.125. The van der Waals surface area contributed by atoms with Crippen LogP contribution in [0.2, 0.25) is 0 Å². The molecule has 0 unspecified atom stereocenters. The van der Waals surface area contributed by atoms with Gasteiger partial charge in [-0.2, -0.15) is 4.31 Å². The van der Waals surface area contributed by atoms with Gasteiger partial charge in [0, 0.05) is 19.8 Å². The quantitative estimate of drug-likeness (QED) is 0.836. The Labute approximate surface area is 136 Å². The average Bonchev–Trinajstić information content (AvgIpc) is 2.53. The van der Waals surface area contributed by atoms with E-state index in [0.717, 1.165) is 12.7 Å². The predicted octanol–water partition coefficient (Wildman–Crippen LogP) is 0.379. The van der Waals surface area contributed by atoms with Crippen LogP contribution in [0, 0.1) is 0 Å². The molecule has 0 saturated carbocycles. The van der Waals surface area contributed by atoms with Crippen molar-refractivity contribution in [1.29, 1.82) is 0 Å². The number of sulfone groups is 1. The maximum absolute atomic E-state index is 12.8. The van der Waals surface area contributed by atoms with Crippen LogP contribution >= 0.6 is 0 Å². The van der Waals surface area contributed by atoms with Crippen molar-refractivity contribution in [3.63, 3.8) is 0 Å². The zero-order valence-electron chi connectivity index (χ0n) is 13.0. The minimum absolute atomic E-state index is 0.0132. The van der Waals surface area contributed by atoms with Crippen LogP contribution in [-0.4, -0.2) is 52.9 Å². The number of carbonyl (C=O) groups excluding carboxylic acids is 1. The summed E-state index contributed by atoms with van der Waals surface area (Å²) in [6.45, 7) is 0.272. The summed E-state index contributed by atoms with van der Waals surface area (Å²) < 4.78 is 49.7. The predicted molar refractivity (Wildman–Crippen MR) is 85.1 cm³/mol. The van der Waals surface area contributed by atoms with Crippen LogP contribution in [-0.2, 0) is 24.7 Å². The molecule has 1 aliphatic rings. The summed E-state index contributed by atoms with van der Waals surface area (Å²) in [5, 5.41) is 2.49. The van der Waals surface area contributed by atoms with Crippen molar-refractivity contribution in [2.75, 3.05) is 19.8 Å². The molecule has 1 aromatic rings. The summed E-state index contributed by atoms with van der Waals surface area (Å²) in [6, 6.07) is 4.33. The molecule has 7 nitrogen and oxygen atoms in total. The molecule has 2 rings (SSSR count). The number of amides is 1. The fraction of sp³-hybridized carbons (Fsp3) is 0.500. The van der Waals surface area contributed by atoms with E-state index in [0.29, 0.717) is 12.8 Å². The molecule has 1 heterocycles. The number of nitrogens with zero attached hydrogens (tertiary/aromatic N) is 1. The van der Waals surface area contributed by atoms with Gasteiger partial charge in [0.25, 0.3) is 0 Å². The number of sulfonamides is 1. The lowest BCUT2D eigenvalue weighted by Crippen LogP contribution is -2.51. The molecule has 1 aromatic carbocycles. The third-order valence-electron chi connectivity index (χ3n) is 3.86. The minimum Gasteiger partial charge on any atom is -0.358 e. The molecule has 1 N–H and O–H groups in total. The van der Waals surface area contributed by atoms with Crippen molar-refractivity contribution in [3.8, 4) is 0 Å². The Hall–Kier alpha value is -1.45. The lowest BCUT2D eigenvalue weighted by Gasteiger charge is -2.33. The lowest BCUT2D eigenvalue weighted by atomic mass is 10.0. The fourth-order valence-corrected chi connectivity index (χ4v) is 4.90. The third-order valence-corrected chi connectivity index (χ3v) is 6.91. The van der Waals surface area contributed by atoms with Crippen molar-refractivity contribution in [3.05, 3.63) is 24.3 Å². The van der Waals surface area contributed by atoms with Crippen LogP contribution in [0.1, 0.15) is 19.3 Å². The topological polar surface area (TPSA) is 101 Å². The molecule has 0 bridgehead atoms. The Morgan fingerprint density at radius 3 is 2.17 bits per heavy atom. The number of likely N-dealkylation sites (N-methyl/N-ethyl adjacent to an activating group) is 1. The first-order valence-corrected chi connectivity index (χ1v) is 10.5. The second-order valence-electron chi connectivity index (χ2n) is 5.49. The van der Waals surface area contributed by atoms with Crippen molar-refractivity contribution in [2.45, 2.75) is 35.1 Å². The van der Waals surface area contributed by atoms with E-state index < -0.39 is 25.9 Å². The molecular formula is C14H20N2O5S2. The van der Waals surface area contributed by atoms with Gasteiger partial charge >= 0.3 is 0 Å². The molecule has 0 spiro atoms. The number of piperidine rings is 1. The summed E-state index contributed by atoms with van der Waals surface area (Å²) in [4.78, 5) is 12.0. The number of nitrogens with one attached hydrogen (secondary N) is 1. The van der Waals surface area contributed by atoms with Gasteiger partial charge in [0.05, 0.1) is 9.79 Å². The van der Waals surface area contributed by atoms with E-state index >= 15 is 0 Å².